The number of hydrogen-bond donors (Lipinski definition) is 2. The van der Waals surface area contributed by atoms with Gasteiger partial charge < -0.3 is 15.0 Å². The molecule has 0 radical (unpaired) electrons. The Morgan fingerprint density at radius 2 is 2.11 bits per heavy atom. The zero-order valence-electron chi connectivity index (χ0n) is 11.7. The third-order valence-corrected chi connectivity index (χ3v) is 3.43. The number of hydrogen-bond acceptors (Lipinski definition) is 3. The highest BCUT2D eigenvalue weighted by atomic mass is 16.5. The summed E-state index contributed by atoms with van der Waals surface area (Å²) in [6.45, 7) is 6.02. The van der Waals surface area contributed by atoms with Crippen LogP contribution in [0.4, 0.5) is 0 Å². The number of benzene rings is 1. The summed E-state index contributed by atoms with van der Waals surface area (Å²) >= 11 is 0. The molecule has 4 nitrogen and oxygen atoms in total. The standard InChI is InChI=1S/C15H20N2O2/c1-10-4-5-12-8-13(9-16-6-7-19-3)15(18)17-14(12)11(10)2/h4-5,8,16H,6-7,9H2,1-3H3,(H,17,18). The van der Waals surface area contributed by atoms with Crippen molar-refractivity contribution >= 4 is 10.9 Å². The Morgan fingerprint density at radius 1 is 1.32 bits per heavy atom. The fourth-order valence-corrected chi connectivity index (χ4v) is 2.10. The lowest BCUT2D eigenvalue weighted by molar-refractivity contribution is 0.199. The summed E-state index contributed by atoms with van der Waals surface area (Å²) in [4.78, 5) is 15.0. The van der Waals surface area contributed by atoms with E-state index in [1.165, 1.54) is 5.56 Å². The lowest BCUT2D eigenvalue weighted by Gasteiger charge is -2.08. The monoisotopic (exact) mass is 260 g/mol. The van der Waals surface area contributed by atoms with E-state index >= 15 is 0 Å². The van der Waals surface area contributed by atoms with E-state index in [0.717, 1.165) is 28.6 Å². The van der Waals surface area contributed by atoms with Crippen LogP contribution in [-0.4, -0.2) is 25.2 Å². The van der Waals surface area contributed by atoms with E-state index in [-0.39, 0.29) is 5.56 Å². The molecule has 1 aromatic carbocycles. The third kappa shape index (κ3) is 3.03. The summed E-state index contributed by atoms with van der Waals surface area (Å²) in [6, 6.07) is 6.09. The fraction of sp³-hybridized carbons (Fsp3) is 0.400. The summed E-state index contributed by atoms with van der Waals surface area (Å²) in [5.41, 5.74) is 3.99. The van der Waals surface area contributed by atoms with Gasteiger partial charge in [0.2, 0.25) is 0 Å². The van der Waals surface area contributed by atoms with Crippen molar-refractivity contribution in [2.75, 3.05) is 20.3 Å². The zero-order chi connectivity index (χ0) is 13.8. The molecule has 2 N–H and O–H groups in total. The predicted octanol–water partition coefficient (Wildman–Crippen LogP) is 1.88. The van der Waals surface area contributed by atoms with E-state index < -0.39 is 0 Å². The van der Waals surface area contributed by atoms with Gasteiger partial charge in [0, 0.05) is 25.8 Å². The number of nitrogens with one attached hydrogen (secondary N) is 2. The second kappa shape index (κ2) is 5.99. The molecule has 1 aromatic heterocycles. The van der Waals surface area contributed by atoms with E-state index in [2.05, 4.69) is 16.4 Å². The number of aryl methyl sites for hydroxylation is 2. The van der Waals surface area contributed by atoms with Gasteiger partial charge in [-0.1, -0.05) is 12.1 Å². The Kier molecular flexibility index (Phi) is 4.35. The van der Waals surface area contributed by atoms with E-state index in [4.69, 9.17) is 4.74 Å². The molecule has 0 unspecified atom stereocenters. The molecule has 0 atom stereocenters. The van der Waals surface area contributed by atoms with Crippen LogP contribution in [0.2, 0.25) is 0 Å². The number of pyridine rings is 1. The van der Waals surface area contributed by atoms with Crippen LogP contribution in [0, 0.1) is 13.8 Å². The van der Waals surface area contributed by atoms with Crippen molar-refractivity contribution in [1.82, 2.24) is 10.3 Å². The number of ether oxygens (including phenoxy) is 1. The van der Waals surface area contributed by atoms with Crippen LogP contribution in [0.5, 0.6) is 0 Å². The van der Waals surface area contributed by atoms with Gasteiger partial charge in [0.05, 0.1) is 12.1 Å². The SMILES string of the molecule is COCCNCc1cc2ccc(C)c(C)c2[nH]c1=O. The van der Waals surface area contributed by atoms with Gasteiger partial charge in [0.25, 0.3) is 5.56 Å². The quantitative estimate of drug-likeness (QED) is 0.807. The van der Waals surface area contributed by atoms with Crippen LogP contribution < -0.4 is 10.9 Å². The maximum absolute atomic E-state index is 12.0. The Labute approximate surface area is 112 Å². The van der Waals surface area contributed by atoms with Crippen LogP contribution in [0.15, 0.2) is 23.0 Å². The van der Waals surface area contributed by atoms with E-state index in [0.29, 0.717) is 13.2 Å². The van der Waals surface area contributed by atoms with Crippen molar-refractivity contribution < 1.29 is 4.74 Å². The zero-order valence-corrected chi connectivity index (χ0v) is 11.7. The van der Waals surface area contributed by atoms with Crippen molar-refractivity contribution in [2.45, 2.75) is 20.4 Å². The Morgan fingerprint density at radius 3 is 2.84 bits per heavy atom. The predicted molar refractivity (Wildman–Crippen MR) is 77.6 cm³/mol. The van der Waals surface area contributed by atoms with Crippen LogP contribution in [-0.2, 0) is 11.3 Å². The largest absolute Gasteiger partial charge is 0.383 e. The van der Waals surface area contributed by atoms with Crippen molar-refractivity contribution in [2.24, 2.45) is 0 Å². The molecule has 0 saturated heterocycles. The summed E-state index contributed by atoms with van der Waals surface area (Å²) in [5, 5.41) is 4.26. The number of H-pyrrole nitrogens is 1. The first-order valence-corrected chi connectivity index (χ1v) is 6.45. The number of methoxy groups -OCH3 is 1. The van der Waals surface area contributed by atoms with Gasteiger partial charge in [-0.3, -0.25) is 4.79 Å². The number of aromatic amines is 1. The molecule has 1 heterocycles. The molecular formula is C15H20N2O2. The fourth-order valence-electron chi connectivity index (χ4n) is 2.10. The first kappa shape index (κ1) is 13.8. The van der Waals surface area contributed by atoms with Gasteiger partial charge in [-0.2, -0.15) is 0 Å². The number of rotatable bonds is 5. The minimum atomic E-state index is -0.0221. The highest BCUT2D eigenvalue weighted by Crippen LogP contribution is 2.18. The van der Waals surface area contributed by atoms with Crippen LogP contribution in [0.1, 0.15) is 16.7 Å². The van der Waals surface area contributed by atoms with E-state index in [1.807, 2.05) is 26.0 Å². The van der Waals surface area contributed by atoms with Gasteiger partial charge in [0.1, 0.15) is 0 Å². The molecule has 0 aliphatic rings. The summed E-state index contributed by atoms with van der Waals surface area (Å²) < 4.78 is 4.96. The molecule has 2 aromatic rings. The van der Waals surface area contributed by atoms with Crippen LogP contribution in [0.25, 0.3) is 10.9 Å². The maximum Gasteiger partial charge on any atom is 0.252 e. The molecule has 0 fully saturated rings. The molecule has 2 rings (SSSR count). The van der Waals surface area contributed by atoms with E-state index in [9.17, 15) is 4.79 Å². The van der Waals surface area contributed by atoms with E-state index in [1.54, 1.807) is 7.11 Å². The smallest absolute Gasteiger partial charge is 0.252 e. The van der Waals surface area contributed by atoms with Crippen molar-refractivity contribution in [3.05, 3.63) is 45.2 Å². The summed E-state index contributed by atoms with van der Waals surface area (Å²) in [7, 11) is 1.66. The van der Waals surface area contributed by atoms with Gasteiger partial charge in [0.15, 0.2) is 0 Å². The maximum atomic E-state index is 12.0. The minimum Gasteiger partial charge on any atom is -0.383 e. The third-order valence-electron chi connectivity index (χ3n) is 3.43. The number of aromatic nitrogens is 1. The van der Waals surface area contributed by atoms with Crippen molar-refractivity contribution in [3.63, 3.8) is 0 Å². The summed E-state index contributed by atoms with van der Waals surface area (Å²) in [5.74, 6) is 0. The molecule has 0 aliphatic carbocycles. The molecule has 19 heavy (non-hydrogen) atoms. The number of fused-ring (bicyclic) bond motifs is 1. The highest BCUT2D eigenvalue weighted by Gasteiger charge is 2.05. The molecular weight excluding hydrogens is 240 g/mol. The Balaban J connectivity index is 2.30. The second-order valence-corrected chi connectivity index (χ2v) is 4.76. The van der Waals surface area contributed by atoms with Crippen LogP contribution >= 0.6 is 0 Å². The lowest BCUT2D eigenvalue weighted by Crippen LogP contribution is -2.23. The van der Waals surface area contributed by atoms with Crippen molar-refractivity contribution in [3.8, 4) is 0 Å². The molecule has 0 saturated carbocycles. The molecule has 102 valence electrons. The van der Waals surface area contributed by atoms with Crippen molar-refractivity contribution in [1.29, 1.82) is 0 Å². The Hall–Kier alpha value is -1.65. The topological polar surface area (TPSA) is 54.1 Å². The van der Waals surface area contributed by atoms with Gasteiger partial charge in [-0.05, 0) is 36.4 Å². The normalized spacial score (nSPS) is 11.1. The van der Waals surface area contributed by atoms with Gasteiger partial charge in [-0.15, -0.1) is 0 Å². The average Bonchev–Trinajstić information content (AvgIpc) is 2.40. The molecule has 0 aliphatic heterocycles. The minimum absolute atomic E-state index is 0.0221. The Bertz CT molecular complexity index is 632. The summed E-state index contributed by atoms with van der Waals surface area (Å²) in [6.07, 6.45) is 0. The van der Waals surface area contributed by atoms with Gasteiger partial charge in [-0.25, -0.2) is 0 Å². The lowest BCUT2D eigenvalue weighted by atomic mass is 10.0. The average molecular weight is 260 g/mol. The molecule has 0 spiro atoms. The first-order chi connectivity index (χ1) is 9.13. The molecule has 4 heteroatoms. The molecule has 0 bridgehead atoms. The van der Waals surface area contributed by atoms with Crippen LogP contribution in [0.3, 0.4) is 0 Å². The van der Waals surface area contributed by atoms with Gasteiger partial charge >= 0.3 is 0 Å². The highest BCUT2D eigenvalue weighted by molar-refractivity contribution is 5.83. The molecule has 0 amide bonds. The second-order valence-electron chi connectivity index (χ2n) is 4.76. The first-order valence-electron chi connectivity index (χ1n) is 6.45.